The zero-order valence-electron chi connectivity index (χ0n) is 18.4. The van der Waals surface area contributed by atoms with Crippen molar-refractivity contribution in [3.63, 3.8) is 0 Å². The van der Waals surface area contributed by atoms with Crippen LogP contribution < -0.4 is 0 Å². The first-order chi connectivity index (χ1) is 16.0. The molecule has 0 saturated carbocycles. The molecule has 10 heteroatoms. The van der Waals surface area contributed by atoms with Gasteiger partial charge in [-0.05, 0) is 31.2 Å². The Labute approximate surface area is 196 Å². The number of esters is 1. The van der Waals surface area contributed by atoms with E-state index in [-0.39, 0.29) is 50.9 Å². The minimum Gasteiger partial charge on any atom is -0.467 e. The van der Waals surface area contributed by atoms with E-state index in [2.05, 4.69) is 16.7 Å². The van der Waals surface area contributed by atoms with E-state index >= 15 is 0 Å². The van der Waals surface area contributed by atoms with E-state index in [1.165, 1.54) is 27.9 Å². The Morgan fingerprint density at radius 2 is 2.21 bits per heavy atom. The highest BCUT2D eigenvalue weighted by atomic mass is 32.2. The number of carbonyl (C=O) groups is 3. The van der Waals surface area contributed by atoms with Crippen LogP contribution in [0.15, 0.2) is 63.9 Å². The molecule has 2 amide bonds. The predicted molar refractivity (Wildman–Crippen MR) is 123 cm³/mol. The van der Waals surface area contributed by atoms with Gasteiger partial charge in [-0.25, -0.2) is 9.99 Å². The van der Waals surface area contributed by atoms with E-state index in [4.69, 9.17) is 9.15 Å². The number of amides is 2. The van der Waals surface area contributed by atoms with Gasteiger partial charge in [0, 0.05) is 24.1 Å². The van der Waals surface area contributed by atoms with E-state index in [9.17, 15) is 14.4 Å². The third-order valence-corrected chi connectivity index (χ3v) is 5.72. The monoisotopic (exact) mass is 470 g/mol. The summed E-state index contributed by atoms with van der Waals surface area (Å²) in [5, 5.41) is 6.34. The summed E-state index contributed by atoms with van der Waals surface area (Å²) in [5.41, 5.74) is 1.33. The number of hydrogen-bond acceptors (Lipinski definition) is 8. The van der Waals surface area contributed by atoms with Crippen LogP contribution in [0.25, 0.3) is 0 Å². The normalized spacial score (nSPS) is 13.1. The van der Waals surface area contributed by atoms with Gasteiger partial charge in [-0.3, -0.25) is 14.4 Å². The van der Waals surface area contributed by atoms with Crippen molar-refractivity contribution in [3.8, 4) is 0 Å². The Hall–Kier alpha value is -3.40. The largest absolute Gasteiger partial charge is 0.467 e. The Bertz CT molecular complexity index is 1020. The summed E-state index contributed by atoms with van der Waals surface area (Å²) >= 11 is 1.50. The standard InChI is InChI=1S/C23H26N4O5S/c1-3-13-33-23-18(8-5-10-24-23)19-14-20(28)27(25-19)16-21(29)26(11-9-22(30)31-4-2)15-17-7-6-12-32-17/h3,5-8,10,12H,1,4,9,11,13-16H2,2H3. The molecule has 0 aliphatic carbocycles. The van der Waals surface area contributed by atoms with E-state index in [0.717, 1.165) is 10.6 Å². The maximum absolute atomic E-state index is 13.0. The van der Waals surface area contributed by atoms with Gasteiger partial charge in [0.25, 0.3) is 0 Å². The first kappa shape index (κ1) is 24.2. The van der Waals surface area contributed by atoms with Crippen LogP contribution in [-0.2, 0) is 25.7 Å². The molecule has 0 N–H and O–H groups in total. The van der Waals surface area contributed by atoms with Crippen LogP contribution in [0.4, 0.5) is 0 Å². The summed E-state index contributed by atoms with van der Waals surface area (Å²) < 4.78 is 10.3. The molecule has 0 atom stereocenters. The van der Waals surface area contributed by atoms with Gasteiger partial charge in [-0.2, -0.15) is 5.10 Å². The zero-order chi connectivity index (χ0) is 23.6. The lowest BCUT2D eigenvalue weighted by Gasteiger charge is -2.23. The van der Waals surface area contributed by atoms with Crippen LogP contribution in [-0.4, -0.2) is 63.8 Å². The lowest BCUT2D eigenvalue weighted by atomic mass is 10.1. The Morgan fingerprint density at radius 3 is 2.94 bits per heavy atom. The quantitative estimate of drug-likeness (QED) is 0.267. The van der Waals surface area contributed by atoms with Crippen LogP contribution in [0, 0.1) is 0 Å². The number of hydrazone groups is 1. The van der Waals surface area contributed by atoms with Crippen LogP contribution in [0.2, 0.25) is 0 Å². The molecule has 0 unspecified atom stereocenters. The second-order valence-electron chi connectivity index (χ2n) is 7.08. The van der Waals surface area contributed by atoms with Gasteiger partial charge < -0.3 is 14.1 Å². The fraction of sp³-hybridized carbons (Fsp3) is 0.348. The molecule has 9 nitrogen and oxygen atoms in total. The average molecular weight is 471 g/mol. The summed E-state index contributed by atoms with van der Waals surface area (Å²) in [6.07, 6.45) is 5.10. The van der Waals surface area contributed by atoms with E-state index < -0.39 is 5.97 Å². The minimum atomic E-state index is -0.395. The molecular formula is C23H26N4O5S. The molecule has 1 aliphatic rings. The van der Waals surface area contributed by atoms with Gasteiger partial charge in [-0.15, -0.1) is 18.3 Å². The second kappa shape index (κ2) is 12.0. The molecule has 33 heavy (non-hydrogen) atoms. The molecule has 3 heterocycles. The number of hydrogen-bond donors (Lipinski definition) is 0. The van der Waals surface area contributed by atoms with E-state index in [1.807, 2.05) is 6.07 Å². The Kier molecular flexibility index (Phi) is 8.82. The van der Waals surface area contributed by atoms with Gasteiger partial charge in [0.05, 0.1) is 38.0 Å². The lowest BCUT2D eigenvalue weighted by molar-refractivity contribution is -0.145. The molecule has 174 valence electrons. The molecular weight excluding hydrogens is 444 g/mol. The molecule has 3 rings (SSSR count). The molecule has 2 aromatic rings. The van der Waals surface area contributed by atoms with Gasteiger partial charge in [0.1, 0.15) is 17.3 Å². The fourth-order valence-electron chi connectivity index (χ4n) is 3.18. The van der Waals surface area contributed by atoms with E-state index in [0.29, 0.717) is 17.2 Å². The molecule has 0 saturated heterocycles. The number of pyridine rings is 1. The Morgan fingerprint density at radius 1 is 1.36 bits per heavy atom. The molecule has 0 fully saturated rings. The van der Waals surface area contributed by atoms with Crippen molar-refractivity contribution >= 4 is 35.3 Å². The number of furan rings is 1. The summed E-state index contributed by atoms with van der Waals surface area (Å²) in [7, 11) is 0. The van der Waals surface area contributed by atoms with Crippen molar-refractivity contribution in [1.29, 1.82) is 0 Å². The van der Waals surface area contributed by atoms with Crippen LogP contribution in [0.5, 0.6) is 0 Å². The second-order valence-corrected chi connectivity index (χ2v) is 8.09. The highest BCUT2D eigenvalue weighted by Crippen LogP contribution is 2.24. The summed E-state index contributed by atoms with van der Waals surface area (Å²) in [6, 6.07) is 7.11. The number of aromatic nitrogens is 1. The van der Waals surface area contributed by atoms with Crippen molar-refractivity contribution in [2.45, 2.75) is 31.3 Å². The molecule has 0 aromatic carbocycles. The van der Waals surface area contributed by atoms with Gasteiger partial charge in [0.15, 0.2) is 0 Å². The topological polar surface area (TPSA) is 105 Å². The van der Waals surface area contributed by atoms with Gasteiger partial charge in [0.2, 0.25) is 11.8 Å². The number of carbonyl (C=O) groups excluding carboxylic acids is 3. The number of thioether (sulfide) groups is 1. The summed E-state index contributed by atoms with van der Waals surface area (Å²) in [4.78, 5) is 43.3. The zero-order valence-corrected chi connectivity index (χ0v) is 19.3. The van der Waals surface area contributed by atoms with Crippen molar-refractivity contribution in [2.75, 3.05) is 25.4 Å². The molecule has 0 spiro atoms. The fourth-order valence-corrected chi connectivity index (χ4v) is 3.93. The smallest absolute Gasteiger partial charge is 0.307 e. The first-order valence-electron chi connectivity index (χ1n) is 10.5. The van der Waals surface area contributed by atoms with Crippen LogP contribution in [0.3, 0.4) is 0 Å². The highest BCUT2D eigenvalue weighted by Gasteiger charge is 2.30. The van der Waals surface area contributed by atoms with Crippen molar-refractivity contribution < 1.29 is 23.5 Å². The average Bonchev–Trinajstić information content (AvgIpc) is 3.45. The first-order valence-corrected chi connectivity index (χ1v) is 11.5. The molecule has 0 bridgehead atoms. The van der Waals surface area contributed by atoms with Crippen LogP contribution in [0.1, 0.15) is 31.1 Å². The highest BCUT2D eigenvalue weighted by molar-refractivity contribution is 7.99. The number of nitrogens with zero attached hydrogens (tertiary/aromatic N) is 4. The predicted octanol–water partition coefficient (Wildman–Crippen LogP) is 2.87. The summed E-state index contributed by atoms with van der Waals surface area (Å²) in [6.45, 7) is 5.80. The minimum absolute atomic E-state index is 0.0440. The van der Waals surface area contributed by atoms with Crippen molar-refractivity contribution in [2.24, 2.45) is 5.10 Å². The molecule has 1 aliphatic heterocycles. The summed E-state index contributed by atoms with van der Waals surface area (Å²) in [5.74, 6) is 0.235. The maximum atomic E-state index is 13.0. The SMILES string of the molecule is C=CCSc1ncccc1C1=NN(CC(=O)N(CCC(=O)OCC)Cc2ccco2)C(=O)C1. The molecule has 2 aromatic heterocycles. The number of ether oxygens (including phenoxy) is 1. The van der Waals surface area contributed by atoms with Gasteiger partial charge in [-0.1, -0.05) is 6.08 Å². The number of rotatable bonds is 12. The van der Waals surface area contributed by atoms with Crippen molar-refractivity contribution in [3.05, 3.63) is 60.7 Å². The maximum Gasteiger partial charge on any atom is 0.307 e. The lowest BCUT2D eigenvalue weighted by Crippen LogP contribution is -2.40. The van der Waals surface area contributed by atoms with Crippen LogP contribution >= 0.6 is 11.8 Å². The van der Waals surface area contributed by atoms with Gasteiger partial charge >= 0.3 is 5.97 Å². The molecule has 0 radical (unpaired) electrons. The third kappa shape index (κ3) is 6.79. The van der Waals surface area contributed by atoms with E-state index in [1.54, 1.807) is 37.4 Å². The third-order valence-electron chi connectivity index (χ3n) is 4.72. The van der Waals surface area contributed by atoms with Crippen molar-refractivity contribution in [1.82, 2.24) is 14.9 Å². The Balaban J connectivity index is 1.72.